The van der Waals surface area contributed by atoms with Crippen LogP contribution in [-0.4, -0.2) is 83.0 Å². The SMILES string of the molecule is CN=C(NCCN1CCc2cc(OC)c(OC)cc2C1)N1CCC2(CCOC2)C1. The lowest BCUT2D eigenvalue weighted by Gasteiger charge is -2.30. The normalized spacial score (nSPS) is 24.8. The van der Waals surface area contributed by atoms with Crippen LogP contribution in [0.1, 0.15) is 24.0 Å². The van der Waals surface area contributed by atoms with E-state index < -0.39 is 0 Å². The predicted molar refractivity (Wildman–Crippen MR) is 114 cm³/mol. The highest BCUT2D eigenvalue weighted by atomic mass is 16.5. The minimum Gasteiger partial charge on any atom is -0.493 e. The minimum absolute atomic E-state index is 0.355. The predicted octanol–water partition coefficient (Wildman–Crippen LogP) is 1.75. The van der Waals surface area contributed by atoms with Crippen molar-refractivity contribution < 1.29 is 14.2 Å². The quantitative estimate of drug-likeness (QED) is 0.598. The van der Waals surface area contributed by atoms with Gasteiger partial charge in [0.1, 0.15) is 0 Å². The van der Waals surface area contributed by atoms with Crippen molar-refractivity contribution in [3.05, 3.63) is 23.3 Å². The molecule has 0 aliphatic carbocycles. The maximum atomic E-state index is 5.65. The summed E-state index contributed by atoms with van der Waals surface area (Å²) < 4.78 is 16.6. The lowest BCUT2D eigenvalue weighted by atomic mass is 9.87. The molecule has 1 aromatic rings. The number of nitrogens with one attached hydrogen (secondary N) is 1. The second-order valence-electron chi connectivity index (χ2n) is 8.45. The third kappa shape index (κ3) is 4.31. The van der Waals surface area contributed by atoms with Gasteiger partial charge in [-0.25, -0.2) is 0 Å². The van der Waals surface area contributed by atoms with Gasteiger partial charge in [-0.3, -0.25) is 9.89 Å². The van der Waals surface area contributed by atoms with Gasteiger partial charge in [-0.05, 0) is 42.5 Å². The molecule has 3 aliphatic heterocycles. The molecule has 0 radical (unpaired) electrons. The van der Waals surface area contributed by atoms with Crippen LogP contribution in [-0.2, 0) is 17.7 Å². The lowest BCUT2D eigenvalue weighted by Crippen LogP contribution is -2.44. The van der Waals surface area contributed by atoms with Crippen LogP contribution in [0.5, 0.6) is 11.5 Å². The first-order valence-electron chi connectivity index (χ1n) is 10.7. The Hall–Kier alpha value is -1.99. The third-order valence-electron chi connectivity index (χ3n) is 6.64. The third-order valence-corrected chi connectivity index (χ3v) is 6.64. The van der Waals surface area contributed by atoms with Crippen molar-refractivity contribution in [2.75, 3.05) is 67.2 Å². The number of benzene rings is 1. The molecule has 0 amide bonds. The molecule has 4 rings (SSSR count). The largest absolute Gasteiger partial charge is 0.493 e. The number of ether oxygens (including phenoxy) is 3. The Kier molecular flexibility index (Phi) is 6.15. The van der Waals surface area contributed by atoms with E-state index in [0.29, 0.717) is 5.41 Å². The maximum absolute atomic E-state index is 5.65. The highest BCUT2D eigenvalue weighted by Crippen LogP contribution is 2.38. The Bertz CT molecular complexity index is 746. The molecule has 1 aromatic carbocycles. The highest BCUT2D eigenvalue weighted by Gasteiger charge is 2.42. The zero-order chi connectivity index (χ0) is 20.3. The summed E-state index contributed by atoms with van der Waals surface area (Å²) >= 11 is 0. The second-order valence-corrected chi connectivity index (χ2v) is 8.45. The molecular formula is C22H34N4O3. The van der Waals surface area contributed by atoms with Crippen LogP contribution in [0.15, 0.2) is 17.1 Å². The summed E-state index contributed by atoms with van der Waals surface area (Å²) in [5, 5.41) is 3.58. The minimum atomic E-state index is 0.355. The number of aliphatic imine (C=N–C) groups is 1. The summed E-state index contributed by atoms with van der Waals surface area (Å²) in [6.45, 7) is 7.85. The number of hydrogen-bond donors (Lipinski definition) is 1. The summed E-state index contributed by atoms with van der Waals surface area (Å²) in [6, 6.07) is 4.25. The van der Waals surface area contributed by atoms with Gasteiger partial charge in [-0.2, -0.15) is 0 Å². The van der Waals surface area contributed by atoms with Crippen molar-refractivity contribution >= 4 is 5.96 Å². The van der Waals surface area contributed by atoms with E-state index in [1.165, 1.54) is 24.0 Å². The summed E-state index contributed by atoms with van der Waals surface area (Å²) in [5.74, 6) is 2.66. The summed E-state index contributed by atoms with van der Waals surface area (Å²) in [6.07, 6.45) is 3.43. The number of fused-ring (bicyclic) bond motifs is 1. The van der Waals surface area contributed by atoms with Crippen molar-refractivity contribution in [2.24, 2.45) is 10.4 Å². The molecule has 0 saturated carbocycles. The van der Waals surface area contributed by atoms with E-state index in [4.69, 9.17) is 14.2 Å². The van der Waals surface area contributed by atoms with Gasteiger partial charge in [0.05, 0.1) is 20.8 Å². The molecule has 3 aliphatic rings. The number of nitrogens with zero attached hydrogens (tertiary/aromatic N) is 3. The van der Waals surface area contributed by atoms with Gasteiger partial charge >= 0.3 is 0 Å². The van der Waals surface area contributed by atoms with Crippen molar-refractivity contribution in [3.63, 3.8) is 0 Å². The monoisotopic (exact) mass is 402 g/mol. The standard InChI is InChI=1S/C22H34N4O3/c1-23-21(26-9-5-22(15-26)6-11-29-16-22)24-7-10-25-8-4-17-12-19(27-2)20(28-3)13-18(17)14-25/h12-13H,4-11,14-16H2,1-3H3,(H,23,24). The van der Waals surface area contributed by atoms with Gasteiger partial charge in [0.2, 0.25) is 0 Å². The summed E-state index contributed by atoms with van der Waals surface area (Å²) in [7, 11) is 5.27. The van der Waals surface area contributed by atoms with Gasteiger partial charge < -0.3 is 24.4 Å². The molecule has 1 N–H and O–H groups in total. The van der Waals surface area contributed by atoms with E-state index in [1.54, 1.807) is 14.2 Å². The first kappa shape index (κ1) is 20.3. The van der Waals surface area contributed by atoms with Crippen molar-refractivity contribution in [3.8, 4) is 11.5 Å². The van der Waals surface area contributed by atoms with Crippen LogP contribution in [0, 0.1) is 5.41 Å². The molecule has 29 heavy (non-hydrogen) atoms. The second kappa shape index (κ2) is 8.79. The van der Waals surface area contributed by atoms with E-state index in [-0.39, 0.29) is 0 Å². The number of hydrogen-bond acceptors (Lipinski definition) is 5. The van der Waals surface area contributed by atoms with Crippen LogP contribution in [0.3, 0.4) is 0 Å². The summed E-state index contributed by atoms with van der Waals surface area (Å²) in [4.78, 5) is 9.42. The molecule has 160 valence electrons. The van der Waals surface area contributed by atoms with Gasteiger partial charge in [-0.1, -0.05) is 0 Å². The molecule has 7 heteroatoms. The number of guanidine groups is 1. The number of rotatable bonds is 5. The topological polar surface area (TPSA) is 58.6 Å². The van der Waals surface area contributed by atoms with Gasteiger partial charge in [0, 0.05) is 58.3 Å². The molecule has 0 aromatic heterocycles. The molecule has 0 bridgehead atoms. The van der Waals surface area contributed by atoms with Gasteiger partial charge in [0.15, 0.2) is 17.5 Å². The zero-order valence-electron chi connectivity index (χ0n) is 18.0. The highest BCUT2D eigenvalue weighted by molar-refractivity contribution is 5.80. The molecule has 2 saturated heterocycles. The van der Waals surface area contributed by atoms with E-state index in [9.17, 15) is 0 Å². The van der Waals surface area contributed by atoms with E-state index in [0.717, 1.165) is 76.4 Å². The Morgan fingerprint density at radius 1 is 1.17 bits per heavy atom. The van der Waals surface area contributed by atoms with E-state index in [2.05, 4.69) is 32.2 Å². The van der Waals surface area contributed by atoms with Crippen LogP contribution in [0.25, 0.3) is 0 Å². The first-order chi connectivity index (χ1) is 14.2. The molecule has 3 heterocycles. The average Bonchev–Trinajstić information content (AvgIpc) is 3.39. The number of methoxy groups -OCH3 is 2. The zero-order valence-corrected chi connectivity index (χ0v) is 18.0. The Morgan fingerprint density at radius 3 is 2.66 bits per heavy atom. The Labute approximate surface area is 174 Å². The molecule has 1 spiro atoms. The summed E-state index contributed by atoms with van der Waals surface area (Å²) in [5.41, 5.74) is 3.05. The average molecular weight is 403 g/mol. The fraction of sp³-hybridized carbons (Fsp3) is 0.682. The molecule has 7 nitrogen and oxygen atoms in total. The van der Waals surface area contributed by atoms with Gasteiger partial charge in [-0.15, -0.1) is 0 Å². The number of likely N-dealkylation sites (tertiary alicyclic amines) is 1. The fourth-order valence-corrected chi connectivity index (χ4v) is 4.88. The molecular weight excluding hydrogens is 368 g/mol. The van der Waals surface area contributed by atoms with Crippen LogP contribution < -0.4 is 14.8 Å². The van der Waals surface area contributed by atoms with Crippen molar-refractivity contribution in [2.45, 2.75) is 25.8 Å². The first-order valence-corrected chi connectivity index (χ1v) is 10.7. The van der Waals surface area contributed by atoms with Crippen LogP contribution in [0.2, 0.25) is 0 Å². The van der Waals surface area contributed by atoms with Gasteiger partial charge in [0.25, 0.3) is 0 Å². The lowest BCUT2D eigenvalue weighted by molar-refractivity contribution is 0.156. The Morgan fingerprint density at radius 2 is 1.97 bits per heavy atom. The van der Waals surface area contributed by atoms with Crippen molar-refractivity contribution in [1.82, 2.24) is 15.1 Å². The van der Waals surface area contributed by atoms with Crippen LogP contribution in [0.4, 0.5) is 0 Å². The van der Waals surface area contributed by atoms with E-state index >= 15 is 0 Å². The fourth-order valence-electron chi connectivity index (χ4n) is 4.88. The molecule has 1 unspecified atom stereocenters. The Balaban J connectivity index is 1.29. The maximum Gasteiger partial charge on any atom is 0.193 e. The molecule has 1 atom stereocenters. The smallest absolute Gasteiger partial charge is 0.193 e. The van der Waals surface area contributed by atoms with Crippen LogP contribution >= 0.6 is 0 Å². The van der Waals surface area contributed by atoms with Crippen molar-refractivity contribution in [1.29, 1.82) is 0 Å². The van der Waals surface area contributed by atoms with E-state index in [1.807, 2.05) is 7.05 Å². The molecule has 2 fully saturated rings.